The van der Waals surface area contributed by atoms with E-state index < -0.39 is 0 Å². The normalized spacial score (nSPS) is 11.4. The summed E-state index contributed by atoms with van der Waals surface area (Å²) in [6.07, 6.45) is 6.22. The van der Waals surface area contributed by atoms with Gasteiger partial charge >= 0.3 is 0 Å². The van der Waals surface area contributed by atoms with Crippen LogP contribution in [0.3, 0.4) is 0 Å². The third-order valence-electron chi connectivity index (χ3n) is 1.98. The number of unbranched alkanes of at least 4 members (excludes halogenated alkanes) is 3. The number of nitrogens with two attached hydrogens (primary N) is 2. The van der Waals surface area contributed by atoms with Crippen LogP contribution >= 0.6 is 0 Å². The Morgan fingerprint density at radius 3 is 2.50 bits per heavy atom. The second kappa shape index (κ2) is 8.56. The van der Waals surface area contributed by atoms with Crippen molar-refractivity contribution in [3.8, 4) is 0 Å². The Morgan fingerprint density at radius 1 is 1.29 bits per heavy atom. The van der Waals surface area contributed by atoms with Gasteiger partial charge in [-0.25, -0.2) is 0 Å². The molecule has 0 radical (unpaired) electrons. The van der Waals surface area contributed by atoms with E-state index in [4.69, 9.17) is 11.5 Å². The molecule has 0 saturated carbocycles. The largest absolute Gasteiger partial charge is 0.391 e. The van der Waals surface area contributed by atoms with Crippen molar-refractivity contribution in [3.05, 3.63) is 11.8 Å². The van der Waals surface area contributed by atoms with Gasteiger partial charge in [0.1, 0.15) is 0 Å². The van der Waals surface area contributed by atoms with Gasteiger partial charge in [-0.15, -0.1) is 0 Å². The fraction of sp³-hybridized carbons (Fsp3) is 0.700. The first-order valence-corrected chi connectivity index (χ1v) is 5.08. The van der Waals surface area contributed by atoms with Crippen LogP contribution < -0.4 is 16.8 Å². The maximum atomic E-state index is 10.6. The van der Waals surface area contributed by atoms with E-state index in [0.717, 1.165) is 25.9 Å². The smallest absolute Gasteiger partial charge is 0.245 e. The Morgan fingerprint density at radius 2 is 1.93 bits per heavy atom. The molecule has 1 amide bonds. The molecular formula is C10H21N3O. The summed E-state index contributed by atoms with van der Waals surface area (Å²) in [5.74, 6) is -0.374. The van der Waals surface area contributed by atoms with Crippen molar-refractivity contribution < 1.29 is 4.79 Å². The lowest BCUT2D eigenvalue weighted by molar-refractivity contribution is -0.114. The van der Waals surface area contributed by atoms with Gasteiger partial charge in [-0.1, -0.05) is 12.8 Å². The number of primary amides is 1. The summed E-state index contributed by atoms with van der Waals surface area (Å²) in [7, 11) is 0. The van der Waals surface area contributed by atoms with Gasteiger partial charge in [-0.05, 0) is 26.3 Å². The summed E-state index contributed by atoms with van der Waals surface area (Å²) in [4.78, 5) is 10.6. The molecule has 0 aliphatic rings. The fourth-order valence-corrected chi connectivity index (χ4v) is 1.02. The molecule has 0 fully saturated rings. The standard InChI is InChI=1S/C10H21N3O/c1-9(10(12)14)8-13-7-5-3-2-4-6-11/h8,13H,2-7,11H2,1H3,(H2,12,14). The molecule has 0 spiro atoms. The molecule has 0 heterocycles. The first kappa shape index (κ1) is 13.0. The minimum absolute atomic E-state index is 0.374. The van der Waals surface area contributed by atoms with E-state index in [1.165, 1.54) is 12.8 Å². The van der Waals surface area contributed by atoms with Crippen LogP contribution in [0, 0.1) is 0 Å². The van der Waals surface area contributed by atoms with Gasteiger partial charge in [0, 0.05) is 18.3 Å². The SMILES string of the molecule is CC(=CNCCCCCCN)C(N)=O. The molecule has 5 N–H and O–H groups in total. The highest BCUT2D eigenvalue weighted by Gasteiger charge is 1.94. The number of nitrogens with one attached hydrogen (secondary N) is 1. The topological polar surface area (TPSA) is 81.1 Å². The monoisotopic (exact) mass is 199 g/mol. The molecule has 0 aliphatic heterocycles. The second-order valence-electron chi connectivity index (χ2n) is 3.35. The average molecular weight is 199 g/mol. The van der Waals surface area contributed by atoms with Crippen LogP contribution in [0.25, 0.3) is 0 Å². The summed E-state index contributed by atoms with van der Waals surface area (Å²) >= 11 is 0. The van der Waals surface area contributed by atoms with Gasteiger partial charge in [-0.3, -0.25) is 4.79 Å². The Balaban J connectivity index is 3.29. The first-order chi connectivity index (χ1) is 6.68. The Bertz CT molecular complexity index is 190. The predicted octanol–water partition coefficient (Wildman–Crippen LogP) is 0.484. The molecule has 0 aliphatic carbocycles. The summed E-state index contributed by atoms with van der Waals surface area (Å²) in [5.41, 5.74) is 11.0. The summed E-state index contributed by atoms with van der Waals surface area (Å²) in [6, 6.07) is 0. The molecular weight excluding hydrogens is 178 g/mol. The number of amides is 1. The van der Waals surface area contributed by atoms with Gasteiger partial charge < -0.3 is 16.8 Å². The van der Waals surface area contributed by atoms with Crippen LogP contribution in [0.2, 0.25) is 0 Å². The third-order valence-corrected chi connectivity index (χ3v) is 1.98. The highest BCUT2D eigenvalue weighted by Crippen LogP contribution is 1.97. The lowest BCUT2D eigenvalue weighted by atomic mass is 10.2. The minimum Gasteiger partial charge on any atom is -0.391 e. The van der Waals surface area contributed by atoms with Crippen LogP contribution in [0.4, 0.5) is 0 Å². The van der Waals surface area contributed by atoms with Crippen molar-refractivity contribution in [1.82, 2.24) is 5.32 Å². The quantitative estimate of drug-likeness (QED) is 0.393. The molecule has 0 aromatic rings. The summed E-state index contributed by atoms with van der Waals surface area (Å²) in [6.45, 7) is 3.35. The molecule has 4 nitrogen and oxygen atoms in total. The van der Waals surface area contributed by atoms with Gasteiger partial charge in [0.05, 0.1) is 0 Å². The second-order valence-corrected chi connectivity index (χ2v) is 3.35. The first-order valence-electron chi connectivity index (χ1n) is 5.08. The van der Waals surface area contributed by atoms with Crippen LogP contribution in [0.1, 0.15) is 32.6 Å². The zero-order valence-electron chi connectivity index (χ0n) is 8.88. The van der Waals surface area contributed by atoms with Crippen LogP contribution in [-0.2, 0) is 4.79 Å². The lowest BCUT2D eigenvalue weighted by Gasteiger charge is -2.01. The van der Waals surface area contributed by atoms with Crippen molar-refractivity contribution in [3.63, 3.8) is 0 Å². The maximum Gasteiger partial charge on any atom is 0.245 e. The van der Waals surface area contributed by atoms with E-state index in [0.29, 0.717) is 5.57 Å². The number of carbonyl (C=O) groups is 1. The molecule has 0 atom stereocenters. The van der Waals surface area contributed by atoms with Gasteiger partial charge in [0.25, 0.3) is 0 Å². The van der Waals surface area contributed by atoms with Crippen LogP contribution in [0.5, 0.6) is 0 Å². The number of hydrogen-bond donors (Lipinski definition) is 3. The molecule has 0 saturated heterocycles. The highest BCUT2D eigenvalue weighted by molar-refractivity contribution is 5.91. The molecule has 0 bridgehead atoms. The van der Waals surface area contributed by atoms with Gasteiger partial charge in [0.15, 0.2) is 0 Å². The van der Waals surface area contributed by atoms with Crippen molar-refractivity contribution in [1.29, 1.82) is 0 Å². The summed E-state index contributed by atoms with van der Waals surface area (Å²) < 4.78 is 0. The molecule has 0 rings (SSSR count). The van der Waals surface area contributed by atoms with Crippen molar-refractivity contribution in [2.75, 3.05) is 13.1 Å². The molecule has 0 aromatic heterocycles. The molecule has 0 aromatic carbocycles. The average Bonchev–Trinajstić information content (AvgIpc) is 2.16. The summed E-state index contributed by atoms with van der Waals surface area (Å²) in [5, 5.41) is 3.05. The number of hydrogen-bond acceptors (Lipinski definition) is 3. The Hall–Kier alpha value is -1.03. The molecule has 0 unspecified atom stereocenters. The third kappa shape index (κ3) is 7.61. The fourth-order valence-electron chi connectivity index (χ4n) is 1.02. The van der Waals surface area contributed by atoms with Crippen LogP contribution in [0.15, 0.2) is 11.8 Å². The number of carbonyl (C=O) groups excluding carboxylic acids is 1. The zero-order chi connectivity index (χ0) is 10.8. The van der Waals surface area contributed by atoms with E-state index in [1.807, 2.05) is 0 Å². The van der Waals surface area contributed by atoms with Gasteiger partial charge in [0.2, 0.25) is 5.91 Å². The highest BCUT2D eigenvalue weighted by atomic mass is 16.1. The molecule has 82 valence electrons. The van der Waals surface area contributed by atoms with Crippen molar-refractivity contribution >= 4 is 5.91 Å². The predicted molar refractivity (Wildman–Crippen MR) is 58.5 cm³/mol. The number of rotatable bonds is 8. The Kier molecular flexibility index (Phi) is 7.93. The van der Waals surface area contributed by atoms with E-state index >= 15 is 0 Å². The molecule has 4 heteroatoms. The van der Waals surface area contributed by atoms with Gasteiger partial charge in [-0.2, -0.15) is 0 Å². The Labute approximate surface area is 85.7 Å². The lowest BCUT2D eigenvalue weighted by Crippen LogP contribution is -2.16. The zero-order valence-corrected chi connectivity index (χ0v) is 8.88. The van der Waals surface area contributed by atoms with E-state index in [1.54, 1.807) is 13.1 Å². The van der Waals surface area contributed by atoms with E-state index in [9.17, 15) is 4.79 Å². The van der Waals surface area contributed by atoms with Crippen molar-refractivity contribution in [2.45, 2.75) is 32.6 Å². The molecule has 14 heavy (non-hydrogen) atoms. The van der Waals surface area contributed by atoms with E-state index in [2.05, 4.69) is 5.32 Å². The van der Waals surface area contributed by atoms with E-state index in [-0.39, 0.29) is 5.91 Å². The van der Waals surface area contributed by atoms with Crippen molar-refractivity contribution in [2.24, 2.45) is 11.5 Å². The van der Waals surface area contributed by atoms with Crippen LogP contribution in [-0.4, -0.2) is 19.0 Å². The minimum atomic E-state index is -0.374. The maximum absolute atomic E-state index is 10.6.